The Hall–Kier alpha value is -3.98. The fourth-order valence-corrected chi connectivity index (χ4v) is 6.01. The van der Waals surface area contributed by atoms with Crippen molar-refractivity contribution in [3.05, 3.63) is 114 Å². The first-order valence-electron chi connectivity index (χ1n) is 16.2. The summed E-state index contributed by atoms with van der Waals surface area (Å²) < 4.78 is 2.35. The van der Waals surface area contributed by atoms with Crippen LogP contribution in [0.4, 0.5) is 0 Å². The van der Waals surface area contributed by atoms with Gasteiger partial charge in [0.15, 0.2) is 5.82 Å². The molecular weight excluding hydrogens is 534 g/mol. The maximum Gasteiger partial charge on any atom is 0.168 e. The highest BCUT2D eigenvalue weighted by Gasteiger charge is 2.32. The van der Waals surface area contributed by atoms with Gasteiger partial charge in [-0.05, 0) is 68.8 Å². The highest BCUT2D eigenvalue weighted by Crippen LogP contribution is 2.39. The van der Waals surface area contributed by atoms with Crippen LogP contribution in [0, 0.1) is 0 Å². The number of rotatable bonds is 8. The zero-order chi connectivity index (χ0) is 31.7. The van der Waals surface area contributed by atoms with Gasteiger partial charge in [-0.25, -0.2) is 0 Å². The maximum absolute atomic E-state index is 4.95. The molecule has 0 radical (unpaired) electrons. The maximum atomic E-state index is 4.95. The molecule has 1 heterocycles. The molecule has 228 valence electrons. The molecule has 0 fully saturated rings. The lowest BCUT2D eigenvalue weighted by atomic mass is 9.82. The third-order valence-electron chi connectivity index (χ3n) is 8.78. The second-order valence-corrected chi connectivity index (χ2v) is 14.9. The molecule has 0 spiro atoms. The van der Waals surface area contributed by atoms with Gasteiger partial charge in [0.25, 0.3) is 0 Å². The number of hydrogen-bond donors (Lipinski definition) is 0. The van der Waals surface area contributed by atoms with Gasteiger partial charge < -0.3 is 0 Å². The first-order valence-corrected chi connectivity index (χ1v) is 16.2. The number of aromatic nitrogens is 3. The van der Waals surface area contributed by atoms with Crippen molar-refractivity contribution < 1.29 is 0 Å². The summed E-state index contributed by atoms with van der Waals surface area (Å²) in [5.41, 5.74) is 9.55. The summed E-state index contributed by atoms with van der Waals surface area (Å²) in [6, 6.07) is 35.3. The van der Waals surface area contributed by atoms with E-state index in [1.807, 2.05) is 0 Å². The van der Waals surface area contributed by atoms with Gasteiger partial charge in [0, 0.05) is 11.0 Å². The zero-order valence-electron chi connectivity index (χ0n) is 28.2. The van der Waals surface area contributed by atoms with Gasteiger partial charge in [0.2, 0.25) is 0 Å². The van der Waals surface area contributed by atoms with Gasteiger partial charge in [-0.1, -0.05) is 154 Å². The molecule has 0 aliphatic carbocycles. The number of benzene rings is 4. The first kappa shape index (κ1) is 31.4. The van der Waals surface area contributed by atoms with E-state index in [1.54, 1.807) is 0 Å². The van der Waals surface area contributed by atoms with Crippen molar-refractivity contribution in [2.24, 2.45) is 0 Å². The predicted octanol–water partition coefficient (Wildman–Crippen LogP) is 11.3. The lowest BCUT2D eigenvalue weighted by Gasteiger charge is -2.29. The fourth-order valence-electron chi connectivity index (χ4n) is 6.01. The van der Waals surface area contributed by atoms with Crippen molar-refractivity contribution in [1.82, 2.24) is 14.8 Å². The van der Waals surface area contributed by atoms with Gasteiger partial charge in [-0.2, -0.15) is 0 Å². The molecule has 4 aromatic carbocycles. The van der Waals surface area contributed by atoms with Gasteiger partial charge in [0.1, 0.15) is 5.82 Å². The summed E-state index contributed by atoms with van der Waals surface area (Å²) in [4.78, 5) is 0. The first-order chi connectivity index (χ1) is 20.8. The predicted molar refractivity (Wildman–Crippen MR) is 188 cm³/mol. The fraction of sp³-hybridized carbons (Fsp3) is 0.366. The van der Waals surface area contributed by atoms with Crippen LogP contribution in [0.5, 0.6) is 0 Å². The standard InChI is InChI=1S/C41H49N3/c1-10-11-26-41(8,9)38-43-42-37(33-19-15-18-31(27-33)30-20-23-34(24-21-30)39(2,3)4)44(38)36-25-22-32(28-35(36)40(5,6)7)29-16-13-12-14-17-29/h12-25,27-28H,10-11,26H2,1-9H3. The molecule has 0 bridgehead atoms. The quantitative estimate of drug-likeness (QED) is 0.182. The monoisotopic (exact) mass is 583 g/mol. The van der Waals surface area contributed by atoms with E-state index in [-0.39, 0.29) is 16.2 Å². The summed E-state index contributed by atoms with van der Waals surface area (Å²) in [7, 11) is 0. The molecule has 3 nitrogen and oxygen atoms in total. The Labute approximate surface area is 265 Å². The van der Waals surface area contributed by atoms with Crippen LogP contribution in [0.15, 0.2) is 97.1 Å². The average molecular weight is 584 g/mol. The lowest BCUT2D eigenvalue weighted by Crippen LogP contribution is -2.25. The molecule has 3 heteroatoms. The SMILES string of the molecule is CCCCC(C)(C)c1nnc(-c2cccc(-c3ccc(C(C)(C)C)cc3)c2)n1-c1ccc(-c2ccccc2)cc1C(C)(C)C. The van der Waals surface area contributed by atoms with Crippen molar-refractivity contribution in [3.8, 4) is 39.3 Å². The van der Waals surface area contributed by atoms with Gasteiger partial charge >= 0.3 is 0 Å². The minimum absolute atomic E-state index is 0.0941. The van der Waals surface area contributed by atoms with E-state index in [9.17, 15) is 0 Å². The molecule has 0 amide bonds. The largest absolute Gasteiger partial charge is 0.278 e. The summed E-state index contributed by atoms with van der Waals surface area (Å²) in [5.74, 6) is 1.90. The van der Waals surface area contributed by atoms with Crippen LogP contribution < -0.4 is 0 Å². The zero-order valence-corrected chi connectivity index (χ0v) is 28.2. The molecule has 0 saturated heterocycles. The highest BCUT2D eigenvalue weighted by atomic mass is 15.3. The lowest BCUT2D eigenvalue weighted by molar-refractivity contribution is 0.424. The molecule has 0 N–H and O–H groups in total. The highest BCUT2D eigenvalue weighted by molar-refractivity contribution is 5.73. The van der Waals surface area contributed by atoms with E-state index in [0.29, 0.717) is 0 Å². The topological polar surface area (TPSA) is 30.7 Å². The van der Waals surface area contributed by atoms with Gasteiger partial charge in [-0.3, -0.25) is 4.57 Å². The van der Waals surface area contributed by atoms with E-state index in [2.05, 4.69) is 164 Å². The van der Waals surface area contributed by atoms with Crippen LogP contribution in [0.2, 0.25) is 0 Å². The molecule has 0 unspecified atom stereocenters. The Morgan fingerprint density at radius 3 is 1.80 bits per heavy atom. The van der Waals surface area contributed by atoms with E-state index < -0.39 is 0 Å². The molecule has 5 aromatic rings. The van der Waals surface area contributed by atoms with Crippen molar-refractivity contribution in [3.63, 3.8) is 0 Å². The van der Waals surface area contributed by atoms with Crippen LogP contribution in [0.3, 0.4) is 0 Å². The summed E-state index contributed by atoms with van der Waals surface area (Å²) in [6.45, 7) is 20.6. The molecule has 0 saturated carbocycles. The van der Waals surface area contributed by atoms with E-state index in [0.717, 1.165) is 42.2 Å². The van der Waals surface area contributed by atoms with E-state index >= 15 is 0 Å². The Balaban J connectivity index is 1.70. The summed E-state index contributed by atoms with van der Waals surface area (Å²) >= 11 is 0. The van der Waals surface area contributed by atoms with Crippen molar-refractivity contribution in [2.75, 3.05) is 0 Å². The summed E-state index contributed by atoms with van der Waals surface area (Å²) in [5, 5.41) is 9.89. The van der Waals surface area contributed by atoms with Crippen LogP contribution in [0.25, 0.3) is 39.3 Å². The number of unbranched alkanes of at least 4 members (excludes halogenated alkanes) is 1. The second kappa shape index (κ2) is 12.2. The van der Waals surface area contributed by atoms with E-state index in [1.165, 1.54) is 33.4 Å². The Morgan fingerprint density at radius 1 is 0.568 bits per heavy atom. The molecule has 0 aliphatic heterocycles. The third-order valence-corrected chi connectivity index (χ3v) is 8.78. The van der Waals surface area contributed by atoms with Crippen LogP contribution in [0.1, 0.15) is 98.5 Å². The molecule has 5 rings (SSSR count). The Kier molecular flexibility index (Phi) is 8.71. The van der Waals surface area contributed by atoms with Gasteiger partial charge in [0.05, 0.1) is 5.69 Å². The van der Waals surface area contributed by atoms with Crippen molar-refractivity contribution >= 4 is 0 Å². The van der Waals surface area contributed by atoms with Crippen LogP contribution in [-0.4, -0.2) is 14.8 Å². The normalized spacial score (nSPS) is 12.5. The molecule has 0 atom stereocenters. The minimum atomic E-state index is -0.144. The van der Waals surface area contributed by atoms with Crippen LogP contribution in [-0.2, 0) is 16.2 Å². The molecular formula is C41H49N3. The number of nitrogens with zero attached hydrogens (tertiary/aromatic N) is 3. The molecule has 1 aromatic heterocycles. The number of hydrogen-bond acceptors (Lipinski definition) is 2. The van der Waals surface area contributed by atoms with Crippen LogP contribution >= 0.6 is 0 Å². The molecule has 44 heavy (non-hydrogen) atoms. The second-order valence-electron chi connectivity index (χ2n) is 14.9. The Morgan fingerprint density at radius 2 is 1.16 bits per heavy atom. The Bertz CT molecular complexity index is 1710. The summed E-state index contributed by atoms with van der Waals surface area (Å²) in [6.07, 6.45) is 3.35. The van der Waals surface area contributed by atoms with Crippen molar-refractivity contribution in [1.29, 1.82) is 0 Å². The van der Waals surface area contributed by atoms with Crippen molar-refractivity contribution in [2.45, 2.75) is 97.8 Å². The minimum Gasteiger partial charge on any atom is -0.278 e. The third kappa shape index (κ3) is 6.58. The van der Waals surface area contributed by atoms with E-state index in [4.69, 9.17) is 10.2 Å². The van der Waals surface area contributed by atoms with Gasteiger partial charge in [-0.15, -0.1) is 10.2 Å². The average Bonchev–Trinajstić information content (AvgIpc) is 3.46. The smallest absolute Gasteiger partial charge is 0.168 e. The molecule has 0 aliphatic rings.